The van der Waals surface area contributed by atoms with E-state index in [-0.39, 0.29) is 5.82 Å². The number of halogens is 1. The van der Waals surface area contributed by atoms with Crippen LogP contribution in [0.2, 0.25) is 5.02 Å². The molecule has 7 nitrogen and oxygen atoms in total. The van der Waals surface area contributed by atoms with Crippen molar-refractivity contribution in [3.63, 3.8) is 0 Å². The molecule has 1 aromatic carbocycles. The van der Waals surface area contributed by atoms with Crippen LogP contribution in [0.3, 0.4) is 0 Å². The molecule has 3 rings (SSSR count). The average molecular weight is 465 g/mol. The second-order valence-electron chi connectivity index (χ2n) is 6.46. The van der Waals surface area contributed by atoms with E-state index in [2.05, 4.69) is 41.2 Å². The minimum Gasteiger partial charge on any atom is -0.451 e. The lowest BCUT2D eigenvalue weighted by atomic mass is 10.1. The number of nitrogens with two attached hydrogens (primary N) is 1. The molecule has 1 atom stereocenters. The zero-order valence-electron chi connectivity index (χ0n) is 18.6. The van der Waals surface area contributed by atoms with Gasteiger partial charge in [-0.05, 0) is 38.1 Å². The number of terminal acetylenes is 1. The number of hydrogen-bond donors (Lipinski definition) is 2. The summed E-state index contributed by atoms with van der Waals surface area (Å²) >= 11 is 6.00. The van der Waals surface area contributed by atoms with Gasteiger partial charge in [0.15, 0.2) is 6.40 Å². The minimum atomic E-state index is -0.703. The first-order valence-electron chi connectivity index (χ1n) is 9.56. The first kappa shape index (κ1) is 27.0. The maximum atomic E-state index is 11.7. The van der Waals surface area contributed by atoms with Crippen LogP contribution in [0.1, 0.15) is 30.0 Å². The highest BCUT2D eigenvalue weighted by Crippen LogP contribution is 2.27. The Labute approximate surface area is 198 Å². The molecule has 0 bridgehead atoms. The maximum absolute atomic E-state index is 11.7. The van der Waals surface area contributed by atoms with Gasteiger partial charge < -0.3 is 15.6 Å². The first-order valence-corrected chi connectivity index (χ1v) is 9.94. The quantitative estimate of drug-likeness (QED) is 0.264. The molecule has 0 aliphatic carbocycles. The van der Waals surface area contributed by atoms with Crippen LogP contribution in [-0.4, -0.2) is 40.0 Å². The number of carbonyl (C=O) groups excluding carboxylic acids is 1. The summed E-state index contributed by atoms with van der Waals surface area (Å²) in [5.41, 5.74) is 8.28. The van der Waals surface area contributed by atoms with Crippen molar-refractivity contribution in [1.29, 1.82) is 0 Å². The molecule has 0 radical (unpaired) electrons. The molecule has 2 aromatic heterocycles. The molecule has 170 valence electrons. The topological polar surface area (TPSA) is 102 Å². The van der Waals surface area contributed by atoms with Gasteiger partial charge in [-0.15, -0.1) is 12.8 Å². The number of hydrogen-bond acceptors (Lipinski definition) is 5. The summed E-state index contributed by atoms with van der Waals surface area (Å²) in [6.07, 6.45) is 10.2. The zero-order chi connectivity index (χ0) is 25.0. The number of aliphatic hydroxyl groups excluding tert-OH is 1. The van der Waals surface area contributed by atoms with Crippen LogP contribution in [0.4, 0.5) is 0 Å². The number of primary amides is 1. The van der Waals surface area contributed by atoms with Crippen LogP contribution in [-0.2, 0) is 4.74 Å². The molecule has 3 aromatic rings. The number of imidazole rings is 1. The molecule has 2 heterocycles. The van der Waals surface area contributed by atoms with Gasteiger partial charge in [0, 0.05) is 24.4 Å². The Bertz CT molecular complexity index is 1230. The van der Waals surface area contributed by atoms with Gasteiger partial charge >= 0.3 is 0 Å². The molecule has 0 fully saturated rings. The third-order valence-electron chi connectivity index (χ3n) is 3.74. The Kier molecular flexibility index (Phi) is 11.0. The summed E-state index contributed by atoms with van der Waals surface area (Å²) in [4.78, 5) is 19.6. The van der Waals surface area contributed by atoms with Crippen molar-refractivity contribution in [2.45, 2.75) is 20.0 Å². The fraction of sp³-hybridized carbons (Fsp3) is 0.160. The van der Waals surface area contributed by atoms with Crippen molar-refractivity contribution in [3.05, 3.63) is 71.3 Å². The number of pyridine rings is 1. The van der Waals surface area contributed by atoms with E-state index in [0.717, 1.165) is 11.1 Å². The number of aliphatic imine (C=N–C) groups is 1. The van der Waals surface area contributed by atoms with Crippen LogP contribution < -0.4 is 5.73 Å². The molecule has 1 amide bonds. The first-order chi connectivity index (χ1) is 15.7. The molecule has 8 heteroatoms. The summed E-state index contributed by atoms with van der Waals surface area (Å²) in [5, 5.41) is 9.76. The van der Waals surface area contributed by atoms with Gasteiger partial charge in [-0.3, -0.25) is 14.2 Å². The summed E-state index contributed by atoms with van der Waals surface area (Å²) in [5.74, 6) is 5.73. The van der Waals surface area contributed by atoms with Crippen molar-refractivity contribution in [1.82, 2.24) is 9.38 Å². The molecule has 3 N–H and O–H groups in total. The number of aromatic nitrogens is 2. The largest absolute Gasteiger partial charge is 0.451 e. The third-order valence-corrected chi connectivity index (χ3v) is 3.97. The smallest absolute Gasteiger partial charge is 0.285 e. The monoisotopic (exact) mass is 464 g/mol. The molecule has 0 spiro atoms. The van der Waals surface area contributed by atoms with Gasteiger partial charge in [0.05, 0.1) is 22.0 Å². The highest BCUT2D eigenvalue weighted by molar-refractivity contribution is 6.30. The molecule has 33 heavy (non-hydrogen) atoms. The van der Waals surface area contributed by atoms with Crippen LogP contribution in [0.25, 0.3) is 16.8 Å². The molecular weight excluding hydrogens is 440 g/mol. The maximum Gasteiger partial charge on any atom is 0.285 e. The Morgan fingerprint density at radius 1 is 1.39 bits per heavy atom. The summed E-state index contributed by atoms with van der Waals surface area (Å²) in [7, 11) is 1.64. The predicted molar refractivity (Wildman–Crippen MR) is 133 cm³/mol. The minimum absolute atomic E-state index is 0.114. The number of benzene rings is 1. The SMILES string of the molecule is C#C.C=C(C)OC=NC.C[C@@H](O)C#Cc1cccc(-c2nc(C(N)=O)n3cc(Cl)ccc23)c1. The van der Waals surface area contributed by atoms with E-state index in [1.165, 1.54) is 6.40 Å². The van der Waals surface area contributed by atoms with Crippen molar-refractivity contribution < 1.29 is 14.6 Å². The molecule has 0 unspecified atom stereocenters. The van der Waals surface area contributed by atoms with Gasteiger partial charge in [-0.2, -0.15) is 0 Å². The van der Waals surface area contributed by atoms with Crippen molar-refractivity contribution >= 4 is 29.4 Å². The van der Waals surface area contributed by atoms with Gasteiger partial charge in [-0.1, -0.05) is 42.2 Å². The third kappa shape index (κ3) is 8.19. The van der Waals surface area contributed by atoms with Crippen molar-refractivity contribution in [3.8, 4) is 35.9 Å². The van der Waals surface area contributed by atoms with Crippen LogP contribution in [0, 0.1) is 24.7 Å². The lowest BCUT2D eigenvalue weighted by molar-refractivity contribution is 0.0990. The fourth-order valence-electron chi connectivity index (χ4n) is 2.52. The molecule has 0 aliphatic rings. The number of amides is 1. The van der Waals surface area contributed by atoms with Crippen molar-refractivity contribution in [2.75, 3.05) is 7.05 Å². The Hall–Kier alpha value is -4.04. The number of fused-ring (bicyclic) bond motifs is 1. The lowest BCUT2D eigenvalue weighted by Crippen LogP contribution is -2.15. The van der Waals surface area contributed by atoms with Crippen LogP contribution >= 0.6 is 11.6 Å². The second kappa shape index (κ2) is 13.4. The summed E-state index contributed by atoms with van der Waals surface area (Å²) in [6, 6.07) is 10.9. The Morgan fingerprint density at radius 3 is 2.64 bits per heavy atom. The van der Waals surface area contributed by atoms with Crippen molar-refractivity contribution in [2.24, 2.45) is 10.7 Å². The number of aliphatic hydroxyl groups is 1. The van der Waals surface area contributed by atoms with E-state index < -0.39 is 12.0 Å². The zero-order valence-corrected chi connectivity index (χ0v) is 19.4. The Balaban J connectivity index is 0.000000520. The van der Waals surface area contributed by atoms with E-state index >= 15 is 0 Å². The van der Waals surface area contributed by atoms with Crippen LogP contribution in [0.5, 0.6) is 0 Å². The highest BCUT2D eigenvalue weighted by atomic mass is 35.5. The van der Waals surface area contributed by atoms with E-state index in [9.17, 15) is 9.90 Å². The van der Waals surface area contributed by atoms with E-state index in [1.54, 1.807) is 43.6 Å². The number of rotatable bonds is 4. The Morgan fingerprint density at radius 2 is 2.09 bits per heavy atom. The standard InChI is InChI=1S/C18H14ClN3O2.C5H9NO.C2H2/c1-11(23)5-6-12-3-2-4-13(9-12)16-15-8-7-14(19)10-22(15)18(21-16)17(20)24;1-5(2)7-4-6-3;1-2/h2-4,7-11,23H,1H3,(H2,20,24);4H,1H2,2-3H3;1-2H/t11-;;/m1../s1. The highest BCUT2D eigenvalue weighted by Gasteiger charge is 2.16. The van der Waals surface area contributed by atoms with Gasteiger partial charge in [-0.25, -0.2) is 4.98 Å². The lowest BCUT2D eigenvalue weighted by Gasteiger charge is -2.01. The van der Waals surface area contributed by atoms with E-state index in [0.29, 0.717) is 22.0 Å². The summed E-state index contributed by atoms with van der Waals surface area (Å²) < 4.78 is 6.28. The average Bonchev–Trinajstić information content (AvgIpc) is 3.17. The normalized spacial score (nSPS) is 10.6. The second-order valence-corrected chi connectivity index (χ2v) is 6.90. The fourth-order valence-corrected chi connectivity index (χ4v) is 2.68. The van der Waals surface area contributed by atoms with Crippen LogP contribution in [0.15, 0.2) is 59.9 Å². The number of nitrogens with zero attached hydrogens (tertiary/aromatic N) is 3. The van der Waals surface area contributed by atoms with E-state index in [1.807, 2.05) is 24.3 Å². The molecule has 0 saturated heterocycles. The molecule has 0 aliphatic heterocycles. The number of ether oxygens (including phenoxy) is 1. The predicted octanol–water partition coefficient (Wildman–Crippen LogP) is 3.93. The van der Waals surface area contributed by atoms with Gasteiger partial charge in [0.2, 0.25) is 5.82 Å². The number of carbonyl (C=O) groups is 1. The van der Waals surface area contributed by atoms with Gasteiger partial charge in [0.25, 0.3) is 5.91 Å². The number of allylic oxidation sites excluding steroid dienone is 1. The van der Waals surface area contributed by atoms with E-state index in [4.69, 9.17) is 22.1 Å². The summed E-state index contributed by atoms with van der Waals surface area (Å²) in [6.45, 7) is 6.84. The molecular formula is C25H25ClN4O3. The molecule has 0 saturated carbocycles. The van der Waals surface area contributed by atoms with Gasteiger partial charge in [0.1, 0.15) is 6.10 Å².